The van der Waals surface area contributed by atoms with Crippen LogP contribution in [0.1, 0.15) is 11.1 Å². The number of rotatable bonds is 4. The van der Waals surface area contributed by atoms with Gasteiger partial charge in [-0.3, -0.25) is 10.1 Å². The van der Waals surface area contributed by atoms with E-state index in [1.54, 1.807) is 12.1 Å². The topological polar surface area (TPSA) is 66.6 Å². The van der Waals surface area contributed by atoms with Crippen LogP contribution in [0, 0.1) is 10.1 Å². The quantitative estimate of drug-likeness (QED) is 0.530. The van der Waals surface area contributed by atoms with Crippen molar-refractivity contribution < 1.29 is 10.0 Å². The van der Waals surface area contributed by atoms with Crippen LogP contribution in [0.15, 0.2) is 42.5 Å². The number of hydrogen-bond donors (Lipinski definition) is 1. The summed E-state index contributed by atoms with van der Waals surface area (Å²) >= 11 is 0. The molecular weight excluding hydrogens is 268 g/mol. The number of nitrogens with zero attached hydrogens (tertiary/aromatic N) is 2. The summed E-state index contributed by atoms with van der Waals surface area (Å²) in [7, 11) is 3.95. The van der Waals surface area contributed by atoms with Gasteiger partial charge >= 0.3 is 5.69 Å². The lowest BCUT2D eigenvalue weighted by atomic mass is 10.1. The van der Waals surface area contributed by atoms with Gasteiger partial charge in [0.25, 0.3) is 0 Å². The Bertz CT molecular complexity index is 676. The average Bonchev–Trinajstić information content (AvgIpc) is 2.45. The molecule has 2 rings (SSSR count). The molecule has 0 aliphatic rings. The predicted octanol–water partition coefficient (Wildman–Crippen LogP) is 3.54. The van der Waals surface area contributed by atoms with E-state index in [0.717, 1.165) is 11.3 Å². The summed E-state index contributed by atoms with van der Waals surface area (Å²) < 4.78 is 0. The van der Waals surface area contributed by atoms with Crippen LogP contribution in [0.3, 0.4) is 0 Å². The highest BCUT2D eigenvalue weighted by Gasteiger charge is 2.11. The molecule has 2 aromatic carbocycles. The third-order valence-electron chi connectivity index (χ3n) is 3.07. The van der Waals surface area contributed by atoms with Gasteiger partial charge in [0.05, 0.1) is 4.92 Å². The molecule has 0 saturated heterocycles. The molecule has 2 aromatic rings. The van der Waals surface area contributed by atoms with E-state index in [-0.39, 0.29) is 11.4 Å². The number of nitro benzene ring substituents is 1. The first-order valence-electron chi connectivity index (χ1n) is 6.40. The van der Waals surface area contributed by atoms with E-state index in [9.17, 15) is 15.2 Å². The number of aromatic hydroxyl groups is 1. The molecule has 5 heteroatoms. The normalized spacial score (nSPS) is 10.8. The van der Waals surface area contributed by atoms with Crippen LogP contribution in [0.5, 0.6) is 5.75 Å². The highest BCUT2D eigenvalue weighted by atomic mass is 16.6. The highest BCUT2D eigenvalue weighted by molar-refractivity contribution is 5.72. The third kappa shape index (κ3) is 3.60. The number of hydrogen-bond acceptors (Lipinski definition) is 4. The number of benzene rings is 2. The fourth-order valence-corrected chi connectivity index (χ4v) is 1.87. The van der Waals surface area contributed by atoms with Gasteiger partial charge in [-0.05, 0) is 35.4 Å². The molecular formula is C16H16N2O3. The van der Waals surface area contributed by atoms with Crippen LogP contribution in [-0.2, 0) is 0 Å². The predicted molar refractivity (Wildman–Crippen MR) is 84.5 cm³/mol. The van der Waals surface area contributed by atoms with Crippen molar-refractivity contribution in [2.75, 3.05) is 19.0 Å². The Morgan fingerprint density at radius 1 is 1.05 bits per heavy atom. The third-order valence-corrected chi connectivity index (χ3v) is 3.07. The number of phenolic OH excluding ortho intramolecular Hbond substituents is 1. The minimum absolute atomic E-state index is 0.289. The molecule has 21 heavy (non-hydrogen) atoms. The molecule has 0 aromatic heterocycles. The second kappa shape index (κ2) is 6.09. The molecule has 108 valence electrons. The van der Waals surface area contributed by atoms with E-state index in [2.05, 4.69) is 0 Å². The van der Waals surface area contributed by atoms with Crippen LogP contribution in [0.4, 0.5) is 11.4 Å². The number of nitro groups is 1. The molecule has 0 bridgehead atoms. The van der Waals surface area contributed by atoms with Gasteiger partial charge < -0.3 is 10.0 Å². The summed E-state index contributed by atoms with van der Waals surface area (Å²) in [5.41, 5.74) is 2.54. The van der Waals surface area contributed by atoms with Gasteiger partial charge in [0.1, 0.15) is 0 Å². The minimum atomic E-state index is -0.608. The fourth-order valence-electron chi connectivity index (χ4n) is 1.87. The second-order valence-electron chi connectivity index (χ2n) is 4.82. The molecule has 0 saturated carbocycles. The summed E-state index contributed by atoms with van der Waals surface area (Å²) in [4.78, 5) is 12.0. The second-order valence-corrected chi connectivity index (χ2v) is 4.82. The van der Waals surface area contributed by atoms with Crippen molar-refractivity contribution >= 4 is 23.5 Å². The monoisotopic (exact) mass is 284 g/mol. The first kappa shape index (κ1) is 14.6. The molecule has 0 unspecified atom stereocenters. The molecule has 5 nitrogen and oxygen atoms in total. The Hall–Kier alpha value is -2.82. The maximum Gasteiger partial charge on any atom is 0.310 e. The maximum atomic E-state index is 10.6. The van der Waals surface area contributed by atoms with Crippen molar-refractivity contribution in [1.82, 2.24) is 0 Å². The first-order valence-corrected chi connectivity index (χ1v) is 6.40. The molecule has 0 spiro atoms. The zero-order valence-corrected chi connectivity index (χ0v) is 11.9. The Morgan fingerprint density at radius 2 is 1.62 bits per heavy atom. The van der Waals surface area contributed by atoms with Gasteiger partial charge in [0.15, 0.2) is 5.75 Å². The van der Waals surface area contributed by atoms with Gasteiger partial charge in [0, 0.05) is 25.8 Å². The zero-order valence-electron chi connectivity index (χ0n) is 11.9. The lowest BCUT2D eigenvalue weighted by molar-refractivity contribution is -0.385. The van der Waals surface area contributed by atoms with Gasteiger partial charge in [-0.2, -0.15) is 0 Å². The largest absolute Gasteiger partial charge is 0.502 e. The minimum Gasteiger partial charge on any atom is -0.502 e. The summed E-state index contributed by atoms with van der Waals surface area (Å²) in [6, 6.07) is 12.3. The standard InChI is InChI=1S/C16H16N2O3/c1-17(2)14-8-5-12(6-9-14)3-4-13-7-10-15(18(20)21)16(19)11-13/h3-11,19H,1-2H3/b4-3+. The van der Waals surface area contributed by atoms with Crippen LogP contribution >= 0.6 is 0 Å². The van der Waals surface area contributed by atoms with Crippen molar-refractivity contribution in [3.05, 3.63) is 63.7 Å². The van der Waals surface area contributed by atoms with Crippen molar-refractivity contribution in [2.24, 2.45) is 0 Å². The van der Waals surface area contributed by atoms with Gasteiger partial charge in [-0.15, -0.1) is 0 Å². The number of anilines is 1. The molecule has 0 amide bonds. The van der Waals surface area contributed by atoms with E-state index < -0.39 is 4.92 Å². The summed E-state index contributed by atoms with van der Waals surface area (Å²) in [6.45, 7) is 0. The van der Waals surface area contributed by atoms with Crippen molar-refractivity contribution in [3.63, 3.8) is 0 Å². The Kier molecular flexibility index (Phi) is 4.23. The highest BCUT2D eigenvalue weighted by Crippen LogP contribution is 2.27. The molecule has 0 atom stereocenters. The van der Waals surface area contributed by atoms with Gasteiger partial charge in [0.2, 0.25) is 0 Å². The smallest absolute Gasteiger partial charge is 0.310 e. The van der Waals surface area contributed by atoms with E-state index in [1.807, 2.05) is 49.3 Å². The lowest BCUT2D eigenvalue weighted by Crippen LogP contribution is -2.07. The molecule has 0 aliphatic carbocycles. The van der Waals surface area contributed by atoms with Crippen LogP contribution in [-0.4, -0.2) is 24.1 Å². The maximum absolute atomic E-state index is 10.6. The van der Waals surface area contributed by atoms with Gasteiger partial charge in [-0.25, -0.2) is 0 Å². The Morgan fingerprint density at radius 3 is 2.14 bits per heavy atom. The Balaban J connectivity index is 2.17. The van der Waals surface area contributed by atoms with E-state index in [4.69, 9.17) is 0 Å². The molecule has 0 heterocycles. The van der Waals surface area contributed by atoms with Crippen LogP contribution in [0.25, 0.3) is 12.2 Å². The molecule has 0 radical (unpaired) electrons. The van der Waals surface area contributed by atoms with Crippen molar-refractivity contribution in [2.45, 2.75) is 0 Å². The van der Waals surface area contributed by atoms with Crippen molar-refractivity contribution in [1.29, 1.82) is 0 Å². The van der Waals surface area contributed by atoms with E-state index in [0.29, 0.717) is 5.56 Å². The fraction of sp³-hybridized carbons (Fsp3) is 0.125. The molecule has 1 N–H and O–H groups in total. The molecule has 0 fully saturated rings. The number of phenols is 1. The van der Waals surface area contributed by atoms with Gasteiger partial charge in [-0.1, -0.05) is 24.3 Å². The summed E-state index contributed by atoms with van der Waals surface area (Å²) in [5, 5.41) is 20.2. The summed E-state index contributed by atoms with van der Waals surface area (Å²) in [5.74, 6) is -0.329. The lowest BCUT2D eigenvalue weighted by Gasteiger charge is -2.11. The summed E-state index contributed by atoms with van der Waals surface area (Å²) in [6.07, 6.45) is 3.69. The molecule has 0 aliphatic heterocycles. The Labute approximate surface area is 122 Å². The van der Waals surface area contributed by atoms with E-state index >= 15 is 0 Å². The zero-order chi connectivity index (χ0) is 15.4. The van der Waals surface area contributed by atoms with Crippen molar-refractivity contribution in [3.8, 4) is 5.75 Å². The van der Waals surface area contributed by atoms with E-state index in [1.165, 1.54) is 12.1 Å². The van der Waals surface area contributed by atoms with Crippen LogP contribution < -0.4 is 4.90 Å². The SMILES string of the molecule is CN(C)c1ccc(/C=C/c2ccc([N+](=O)[O-])c(O)c2)cc1. The first-order chi connectivity index (χ1) is 9.97. The van der Waals surface area contributed by atoms with Crippen LogP contribution in [0.2, 0.25) is 0 Å². The average molecular weight is 284 g/mol.